The van der Waals surface area contributed by atoms with Crippen LogP contribution in [0.25, 0.3) is 22.3 Å². The van der Waals surface area contributed by atoms with Crippen LogP contribution in [-0.4, -0.2) is 9.97 Å². The minimum atomic E-state index is 0.515. The molecule has 0 aliphatic rings. The van der Waals surface area contributed by atoms with Gasteiger partial charge in [-0.05, 0) is 42.8 Å². The third-order valence-corrected chi connectivity index (χ3v) is 4.66. The highest BCUT2D eigenvalue weighted by atomic mass is 35.5. The lowest BCUT2D eigenvalue weighted by Gasteiger charge is -2.15. The zero-order chi connectivity index (χ0) is 18.8. The van der Waals surface area contributed by atoms with E-state index in [4.69, 9.17) is 33.2 Å². The fourth-order valence-corrected chi connectivity index (χ4v) is 3.22. The quantitative estimate of drug-likeness (QED) is 0.395. The molecular weight excluding hydrogens is 379 g/mol. The van der Waals surface area contributed by atoms with Gasteiger partial charge in [0.1, 0.15) is 5.69 Å². The summed E-state index contributed by atoms with van der Waals surface area (Å²) < 4.78 is 0. The monoisotopic (exact) mass is 394 g/mol. The number of benzene rings is 3. The molecule has 2 N–H and O–H groups in total. The molecule has 0 radical (unpaired) electrons. The summed E-state index contributed by atoms with van der Waals surface area (Å²) in [6.45, 7) is 2.03. The van der Waals surface area contributed by atoms with E-state index in [0.29, 0.717) is 21.6 Å². The van der Waals surface area contributed by atoms with Gasteiger partial charge in [-0.3, -0.25) is 10.9 Å². The minimum Gasteiger partial charge on any atom is -0.298 e. The van der Waals surface area contributed by atoms with E-state index in [0.717, 1.165) is 27.9 Å². The highest BCUT2D eigenvalue weighted by Crippen LogP contribution is 2.29. The van der Waals surface area contributed by atoms with Crippen molar-refractivity contribution in [2.24, 2.45) is 0 Å². The molecule has 0 atom stereocenters. The van der Waals surface area contributed by atoms with Crippen molar-refractivity contribution in [1.82, 2.24) is 9.97 Å². The second-order valence-corrected chi connectivity index (χ2v) is 7.00. The van der Waals surface area contributed by atoms with Gasteiger partial charge in [0.15, 0.2) is 5.82 Å². The van der Waals surface area contributed by atoms with Crippen molar-refractivity contribution >= 4 is 45.7 Å². The smallest absolute Gasteiger partial charge is 0.171 e. The van der Waals surface area contributed by atoms with E-state index in [-0.39, 0.29) is 0 Å². The molecule has 4 rings (SSSR count). The molecule has 0 aliphatic carbocycles. The van der Waals surface area contributed by atoms with E-state index < -0.39 is 0 Å². The van der Waals surface area contributed by atoms with Crippen LogP contribution in [0.5, 0.6) is 0 Å². The van der Waals surface area contributed by atoms with Gasteiger partial charge in [0, 0.05) is 10.6 Å². The number of nitrogens with zero attached hydrogens (tertiary/aromatic N) is 2. The van der Waals surface area contributed by atoms with Crippen LogP contribution < -0.4 is 10.9 Å². The summed E-state index contributed by atoms with van der Waals surface area (Å²) in [5, 5.41) is 1.09. The summed E-state index contributed by atoms with van der Waals surface area (Å²) >= 11 is 12.2. The molecule has 134 valence electrons. The number of anilines is 2. The number of hydrazine groups is 1. The Morgan fingerprint density at radius 2 is 1.59 bits per heavy atom. The SMILES string of the molecule is Cc1ccc2nc(-c3ccccc3)c(NNc3ccc(Cl)cc3Cl)nc2c1. The van der Waals surface area contributed by atoms with E-state index in [2.05, 4.69) is 10.9 Å². The maximum Gasteiger partial charge on any atom is 0.171 e. The number of aryl methyl sites for hydroxylation is 1. The number of fused-ring (bicyclic) bond motifs is 1. The van der Waals surface area contributed by atoms with E-state index in [1.54, 1.807) is 18.2 Å². The maximum absolute atomic E-state index is 6.25. The van der Waals surface area contributed by atoms with Crippen molar-refractivity contribution in [2.75, 3.05) is 10.9 Å². The molecule has 6 heteroatoms. The Morgan fingerprint density at radius 3 is 2.37 bits per heavy atom. The molecule has 0 bridgehead atoms. The molecule has 4 nitrogen and oxygen atoms in total. The zero-order valence-electron chi connectivity index (χ0n) is 14.5. The molecule has 0 saturated heterocycles. The van der Waals surface area contributed by atoms with Crippen molar-refractivity contribution in [3.05, 3.63) is 82.3 Å². The summed E-state index contributed by atoms with van der Waals surface area (Å²) in [5.74, 6) is 0.616. The van der Waals surface area contributed by atoms with Gasteiger partial charge in [0.05, 0.1) is 21.7 Å². The molecule has 0 amide bonds. The Balaban J connectivity index is 1.77. The van der Waals surface area contributed by atoms with Crippen molar-refractivity contribution in [1.29, 1.82) is 0 Å². The minimum absolute atomic E-state index is 0.515. The molecule has 1 aromatic heterocycles. The Hall–Kier alpha value is -2.82. The third kappa shape index (κ3) is 3.82. The Labute approximate surface area is 167 Å². The first kappa shape index (κ1) is 17.6. The first-order chi connectivity index (χ1) is 13.1. The Morgan fingerprint density at radius 1 is 0.778 bits per heavy atom. The summed E-state index contributed by atoms with van der Waals surface area (Å²) in [4.78, 5) is 9.59. The maximum atomic E-state index is 6.25. The largest absolute Gasteiger partial charge is 0.298 e. The average molecular weight is 395 g/mol. The summed E-state index contributed by atoms with van der Waals surface area (Å²) in [6, 6.07) is 21.2. The van der Waals surface area contributed by atoms with Gasteiger partial charge < -0.3 is 0 Å². The molecule has 1 heterocycles. The van der Waals surface area contributed by atoms with Gasteiger partial charge in [0.2, 0.25) is 0 Å². The highest BCUT2D eigenvalue weighted by molar-refractivity contribution is 6.36. The first-order valence-electron chi connectivity index (χ1n) is 8.41. The molecule has 0 spiro atoms. The number of halogens is 2. The van der Waals surface area contributed by atoms with E-state index >= 15 is 0 Å². The van der Waals surface area contributed by atoms with Gasteiger partial charge in [-0.1, -0.05) is 59.6 Å². The standard InChI is InChI=1S/C21H16Cl2N4/c1-13-7-9-18-19(11-13)25-21(20(24-18)14-5-3-2-4-6-14)27-26-17-10-8-15(22)12-16(17)23/h2-12,26H,1H3,(H,25,27). The number of hydrogen-bond acceptors (Lipinski definition) is 4. The second kappa shape index (κ2) is 7.43. The van der Waals surface area contributed by atoms with Gasteiger partial charge in [0.25, 0.3) is 0 Å². The summed E-state index contributed by atoms with van der Waals surface area (Å²) in [5.41, 5.74) is 11.5. The van der Waals surface area contributed by atoms with Gasteiger partial charge in [-0.2, -0.15) is 0 Å². The van der Waals surface area contributed by atoms with Gasteiger partial charge in [-0.25, -0.2) is 9.97 Å². The summed E-state index contributed by atoms with van der Waals surface area (Å²) in [6.07, 6.45) is 0. The third-order valence-electron chi connectivity index (χ3n) is 4.11. The number of nitrogens with one attached hydrogen (secondary N) is 2. The average Bonchev–Trinajstić information content (AvgIpc) is 2.67. The molecule has 3 aromatic carbocycles. The normalized spacial score (nSPS) is 10.8. The molecule has 0 unspecified atom stereocenters. The van der Waals surface area contributed by atoms with Crippen LogP contribution in [0.2, 0.25) is 10.0 Å². The van der Waals surface area contributed by atoms with Gasteiger partial charge >= 0.3 is 0 Å². The lowest BCUT2D eigenvalue weighted by atomic mass is 10.1. The van der Waals surface area contributed by atoms with Crippen LogP contribution in [0.1, 0.15) is 5.56 Å². The van der Waals surface area contributed by atoms with Crippen LogP contribution in [-0.2, 0) is 0 Å². The predicted molar refractivity (Wildman–Crippen MR) is 113 cm³/mol. The second-order valence-electron chi connectivity index (χ2n) is 6.15. The summed E-state index contributed by atoms with van der Waals surface area (Å²) in [7, 11) is 0. The molecule has 0 aliphatic heterocycles. The highest BCUT2D eigenvalue weighted by Gasteiger charge is 2.12. The number of aromatic nitrogens is 2. The molecule has 27 heavy (non-hydrogen) atoms. The van der Waals surface area contributed by atoms with Crippen molar-refractivity contribution < 1.29 is 0 Å². The topological polar surface area (TPSA) is 49.8 Å². The van der Waals surface area contributed by atoms with Crippen molar-refractivity contribution in [3.63, 3.8) is 0 Å². The van der Waals surface area contributed by atoms with Crippen LogP contribution in [0, 0.1) is 6.92 Å². The molecular formula is C21H16Cl2N4. The van der Waals surface area contributed by atoms with E-state index in [9.17, 15) is 0 Å². The Bertz CT molecular complexity index is 1110. The van der Waals surface area contributed by atoms with Crippen molar-refractivity contribution in [2.45, 2.75) is 6.92 Å². The van der Waals surface area contributed by atoms with E-state index in [1.165, 1.54) is 0 Å². The number of hydrogen-bond donors (Lipinski definition) is 2. The predicted octanol–water partition coefficient (Wildman–Crippen LogP) is 6.35. The fraction of sp³-hybridized carbons (Fsp3) is 0.0476. The zero-order valence-corrected chi connectivity index (χ0v) is 16.0. The van der Waals surface area contributed by atoms with Crippen LogP contribution in [0.3, 0.4) is 0 Å². The van der Waals surface area contributed by atoms with Crippen LogP contribution >= 0.6 is 23.2 Å². The first-order valence-corrected chi connectivity index (χ1v) is 9.17. The van der Waals surface area contributed by atoms with Crippen molar-refractivity contribution in [3.8, 4) is 11.3 Å². The Kier molecular flexibility index (Phi) is 4.84. The molecule has 0 saturated carbocycles. The lowest BCUT2D eigenvalue weighted by molar-refractivity contribution is 1.24. The molecule has 4 aromatic rings. The van der Waals surface area contributed by atoms with Crippen LogP contribution in [0.4, 0.5) is 11.5 Å². The fourth-order valence-electron chi connectivity index (χ4n) is 2.77. The van der Waals surface area contributed by atoms with Crippen LogP contribution in [0.15, 0.2) is 66.7 Å². The van der Waals surface area contributed by atoms with E-state index in [1.807, 2.05) is 55.5 Å². The number of rotatable bonds is 4. The van der Waals surface area contributed by atoms with Gasteiger partial charge in [-0.15, -0.1) is 0 Å². The lowest BCUT2D eigenvalue weighted by Crippen LogP contribution is -2.12. The molecule has 0 fully saturated rings.